The lowest BCUT2D eigenvalue weighted by atomic mass is 9.97. The van der Waals surface area contributed by atoms with Crippen LogP contribution in [0.15, 0.2) is 66.7 Å². The largest absolute Gasteiger partial charge is 0.324 e. The standard InChI is InChI=1S/C17H19N.ClH/c1-13(2)11-17(18)16-10-6-9-15(12-16)14-7-4-3-5-8-14;/h3-10,12,17H,1,11,18H2,2H3;1H/t17-;/m0./s1. The third-order valence-corrected chi connectivity index (χ3v) is 2.99. The smallest absolute Gasteiger partial charge is 0.0332 e. The Bertz CT molecular complexity index is 534. The predicted octanol–water partition coefficient (Wildman–Crippen LogP) is 4.74. The molecule has 100 valence electrons. The van der Waals surface area contributed by atoms with Gasteiger partial charge in [0.15, 0.2) is 0 Å². The zero-order chi connectivity index (χ0) is 13.0. The minimum atomic E-state index is 0. The first-order valence-electron chi connectivity index (χ1n) is 6.22. The van der Waals surface area contributed by atoms with E-state index in [4.69, 9.17) is 5.73 Å². The van der Waals surface area contributed by atoms with E-state index in [9.17, 15) is 0 Å². The van der Waals surface area contributed by atoms with Crippen molar-refractivity contribution in [3.63, 3.8) is 0 Å². The van der Waals surface area contributed by atoms with Crippen molar-refractivity contribution in [3.8, 4) is 11.1 Å². The van der Waals surface area contributed by atoms with Crippen molar-refractivity contribution in [3.05, 3.63) is 72.3 Å². The fraction of sp³-hybridized carbons (Fsp3) is 0.176. The summed E-state index contributed by atoms with van der Waals surface area (Å²) in [6.45, 7) is 5.94. The van der Waals surface area contributed by atoms with Crippen LogP contribution in [0.1, 0.15) is 24.9 Å². The summed E-state index contributed by atoms with van der Waals surface area (Å²) >= 11 is 0. The summed E-state index contributed by atoms with van der Waals surface area (Å²) in [4.78, 5) is 0. The molecule has 0 heterocycles. The normalized spacial score (nSPS) is 11.5. The van der Waals surface area contributed by atoms with Crippen LogP contribution in [-0.4, -0.2) is 0 Å². The SMILES string of the molecule is C=C(C)C[C@H](N)c1cccc(-c2ccccc2)c1.Cl. The topological polar surface area (TPSA) is 26.0 Å². The summed E-state index contributed by atoms with van der Waals surface area (Å²) in [5.74, 6) is 0. The van der Waals surface area contributed by atoms with Gasteiger partial charge in [0.05, 0.1) is 0 Å². The van der Waals surface area contributed by atoms with Crippen LogP contribution in [0.5, 0.6) is 0 Å². The lowest BCUT2D eigenvalue weighted by Crippen LogP contribution is -2.10. The Hall–Kier alpha value is -1.57. The van der Waals surface area contributed by atoms with Crippen LogP contribution in [0.3, 0.4) is 0 Å². The number of rotatable bonds is 4. The van der Waals surface area contributed by atoms with Crippen LogP contribution in [0.4, 0.5) is 0 Å². The molecule has 2 aromatic carbocycles. The number of benzene rings is 2. The highest BCUT2D eigenvalue weighted by Gasteiger charge is 2.07. The maximum atomic E-state index is 6.18. The van der Waals surface area contributed by atoms with Crippen LogP contribution >= 0.6 is 12.4 Å². The molecule has 0 saturated carbocycles. The molecule has 0 aliphatic rings. The number of nitrogens with two attached hydrogens (primary N) is 1. The highest BCUT2D eigenvalue weighted by molar-refractivity contribution is 5.85. The maximum absolute atomic E-state index is 6.18. The van der Waals surface area contributed by atoms with E-state index in [0.29, 0.717) is 0 Å². The first kappa shape index (κ1) is 15.5. The molecule has 0 bridgehead atoms. The van der Waals surface area contributed by atoms with Gasteiger partial charge in [-0.25, -0.2) is 0 Å². The number of hydrogen-bond donors (Lipinski definition) is 1. The molecule has 0 unspecified atom stereocenters. The second-order valence-corrected chi connectivity index (χ2v) is 4.76. The van der Waals surface area contributed by atoms with Gasteiger partial charge in [0.25, 0.3) is 0 Å². The molecule has 0 aliphatic heterocycles. The predicted molar refractivity (Wildman–Crippen MR) is 85.5 cm³/mol. The Labute approximate surface area is 121 Å². The summed E-state index contributed by atoms with van der Waals surface area (Å²) in [5.41, 5.74) is 10.9. The minimum absolute atomic E-state index is 0. The Morgan fingerprint density at radius 1 is 1.05 bits per heavy atom. The first-order chi connectivity index (χ1) is 8.66. The fourth-order valence-electron chi connectivity index (χ4n) is 2.07. The van der Waals surface area contributed by atoms with E-state index in [-0.39, 0.29) is 18.4 Å². The van der Waals surface area contributed by atoms with Crippen molar-refractivity contribution in [2.45, 2.75) is 19.4 Å². The van der Waals surface area contributed by atoms with Crippen molar-refractivity contribution in [2.24, 2.45) is 5.73 Å². The Morgan fingerprint density at radius 3 is 2.32 bits per heavy atom. The van der Waals surface area contributed by atoms with Gasteiger partial charge in [0.1, 0.15) is 0 Å². The zero-order valence-corrected chi connectivity index (χ0v) is 12.0. The van der Waals surface area contributed by atoms with Gasteiger partial charge in [-0.2, -0.15) is 0 Å². The monoisotopic (exact) mass is 273 g/mol. The average Bonchev–Trinajstić information content (AvgIpc) is 2.39. The third kappa shape index (κ3) is 4.23. The van der Waals surface area contributed by atoms with E-state index in [0.717, 1.165) is 12.0 Å². The molecular formula is C17H20ClN. The van der Waals surface area contributed by atoms with E-state index < -0.39 is 0 Å². The van der Waals surface area contributed by atoms with Gasteiger partial charge in [-0.1, -0.05) is 54.1 Å². The Kier molecular flexibility index (Phi) is 5.81. The molecule has 0 aromatic heterocycles. The molecule has 2 rings (SSSR count). The number of hydrogen-bond acceptors (Lipinski definition) is 1. The Balaban J connectivity index is 0.00000180. The van der Waals surface area contributed by atoms with Crippen molar-refractivity contribution in [1.29, 1.82) is 0 Å². The van der Waals surface area contributed by atoms with Crippen molar-refractivity contribution in [2.75, 3.05) is 0 Å². The summed E-state index contributed by atoms with van der Waals surface area (Å²) in [6.07, 6.45) is 0.832. The highest BCUT2D eigenvalue weighted by Crippen LogP contribution is 2.24. The zero-order valence-electron chi connectivity index (χ0n) is 11.2. The van der Waals surface area contributed by atoms with Crippen LogP contribution < -0.4 is 5.73 Å². The highest BCUT2D eigenvalue weighted by atomic mass is 35.5. The van der Waals surface area contributed by atoms with Gasteiger partial charge in [-0.15, -0.1) is 19.0 Å². The molecule has 2 N–H and O–H groups in total. The van der Waals surface area contributed by atoms with Gasteiger partial charge in [0, 0.05) is 6.04 Å². The average molecular weight is 274 g/mol. The molecule has 0 fully saturated rings. The molecule has 0 aliphatic carbocycles. The van der Waals surface area contributed by atoms with Crippen molar-refractivity contribution in [1.82, 2.24) is 0 Å². The Morgan fingerprint density at radius 2 is 1.68 bits per heavy atom. The summed E-state index contributed by atoms with van der Waals surface area (Å²) < 4.78 is 0. The van der Waals surface area contributed by atoms with Crippen molar-refractivity contribution >= 4 is 12.4 Å². The summed E-state index contributed by atoms with van der Waals surface area (Å²) in [5, 5.41) is 0. The molecule has 2 heteroatoms. The van der Waals surface area contributed by atoms with E-state index in [1.807, 2.05) is 13.0 Å². The molecule has 1 atom stereocenters. The van der Waals surface area contributed by atoms with Gasteiger partial charge in [0.2, 0.25) is 0 Å². The van der Waals surface area contributed by atoms with Gasteiger partial charge >= 0.3 is 0 Å². The summed E-state index contributed by atoms with van der Waals surface area (Å²) in [7, 11) is 0. The first-order valence-corrected chi connectivity index (χ1v) is 6.22. The van der Waals surface area contributed by atoms with Crippen LogP contribution in [0.2, 0.25) is 0 Å². The second kappa shape index (κ2) is 7.13. The molecule has 1 nitrogen and oxygen atoms in total. The third-order valence-electron chi connectivity index (χ3n) is 2.99. The van der Waals surface area contributed by atoms with Crippen LogP contribution in [0, 0.1) is 0 Å². The van der Waals surface area contributed by atoms with Crippen LogP contribution in [0.25, 0.3) is 11.1 Å². The molecule has 0 saturated heterocycles. The lowest BCUT2D eigenvalue weighted by Gasteiger charge is -2.13. The molecule has 0 radical (unpaired) electrons. The quantitative estimate of drug-likeness (QED) is 0.800. The van der Waals surface area contributed by atoms with E-state index in [1.165, 1.54) is 16.7 Å². The van der Waals surface area contributed by atoms with E-state index in [1.54, 1.807) is 0 Å². The van der Waals surface area contributed by atoms with Gasteiger partial charge in [-0.3, -0.25) is 0 Å². The lowest BCUT2D eigenvalue weighted by molar-refractivity contribution is 0.717. The number of halogens is 1. The van der Waals surface area contributed by atoms with E-state index in [2.05, 4.69) is 55.1 Å². The molecule has 19 heavy (non-hydrogen) atoms. The van der Waals surface area contributed by atoms with Crippen molar-refractivity contribution < 1.29 is 0 Å². The maximum Gasteiger partial charge on any atom is 0.0332 e. The van der Waals surface area contributed by atoms with Gasteiger partial charge < -0.3 is 5.73 Å². The summed E-state index contributed by atoms with van der Waals surface area (Å²) in [6, 6.07) is 18.8. The fourth-order valence-corrected chi connectivity index (χ4v) is 2.07. The van der Waals surface area contributed by atoms with E-state index >= 15 is 0 Å². The molecule has 2 aromatic rings. The molecular weight excluding hydrogens is 254 g/mol. The minimum Gasteiger partial charge on any atom is -0.324 e. The second-order valence-electron chi connectivity index (χ2n) is 4.76. The van der Waals surface area contributed by atoms with Gasteiger partial charge in [-0.05, 0) is 36.1 Å². The molecule has 0 spiro atoms. The van der Waals surface area contributed by atoms with Crippen LogP contribution in [-0.2, 0) is 0 Å². The molecule has 0 amide bonds.